The molecule has 0 atom stereocenters. The average molecular weight is 340 g/mol. The van der Waals surface area contributed by atoms with Crippen molar-refractivity contribution in [2.24, 2.45) is 0 Å². The summed E-state index contributed by atoms with van der Waals surface area (Å²) in [6.45, 7) is 14.9. The molecule has 23 heavy (non-hydrogen) atoms. The molecule has 1 aromatic rings. The van der Waals surface area contributed by atoms with Crippen molar-refractivity contribution in [3.05, 3.63) is 34.9 Å². The van der Waals surface area contributed by atoms with Crippen molar-refractivity contribution >= 4 is 13.4 Å². The van der Waals surface area contributed by atoms with E-state index in [2.05, 4.69) is 47.6 Å². The van der Waals surface area contributed by atoms with Crippen molar-refractivity contribution in [2.75, 3.05) is 0 Å². The van der Waals surface area contributed by atoms with E-state index >= 15 is 0 Å². The van der Waals surface area contributed by atoms with Gasteiger partial charge in [0.15, 0.2) is 5.78 Å². The summed E-state index contributed by atoms with van der Waals surface area (Å²) in [4.78, 5) is 31.8. The second-order valence-corrected chi connectivity index (χ2v) is 10.9. The molecule has 0 saturated carbocycles. The number of Topliss-reactive ketones (excluding diaryl/α,β-unsaturated/α-hetero) is 1. The van der Waals surface area contributed by atoms with Crippen LogP contribution >= 0.6 is 7.60 Å². The van der Waals surface area contributed by atoms with Gasteiger partial charge >= 0.3 is 7.60 Å². The zero-order valence-corrected chi connectivity index (χ0v) is 16.3. The fourth-order valence-electron chi connectivity index (χ4n) is 2.11. The van der Waals surface area contributed by atoms with Crippen LogP contribution in [0.2, 0.25) is 0 Å². The SMILES string of the molecule is CC(C)(C)c1cc(C(=O)C(C)(C)P(=O)(O)O)cc(C(C)(C)C)c1. The highest BCUT2D eigenvalue weighted by atomic mass is 31.2. The summed E-state index contributed by atoms with van der Waals surface area (Å²) in [5.74, 6) is -0.526. The van der Waals surface area contributed by atoms with Gasteiger partial charge in [-0.25, -0.2) is 0 Å². The Hall–Kier alpha value is -0.960. The second kappa shape index (κ2) is 5.84. The number of hydrogen-bond donors (Lipinski definition) is 2. The van der Waals surface area contributed by atoms with Crippen LogP contribution in [0, 0.1) is 0 Å². The largest absolute Gasteiger partial charge is 0.338 e. The Morgan fingerprint density at radius 2 is 1.17 bits per heavy atom. The van der Waals surface area contributed by atoms with Gasteiger partial charge in [-0.2, -0.15) is 0 Å². The molecule has 0 heterocycles. The van der Waals surface area contributed by atoms with Gasteiger partial charge in [0, 0.05) is 5.56 Å². The molecule has 0 fully saturated rings. The van der Waals surface area contributed by atoms with E-state index in [9.17, 15) is 19.1 Å². The Morgan fingerprint density at radius 3 is 1.43 bits per heavy atom. The normalized spacial score (nSPS) is 14.0. The summed E-state index contributed by atoms with van der Waals surface area (Å²) >= 11 is 0. The Morgan fingerprint density at radius 1 is 0.826 bits per heavy atom. The van der Waals surface area contributed by atoms with E-state index in [1.807, 2.05) is 0 Å². The van der Waals surface area contributed by atoms with Crippen molar-refractivity contribution in [3.8, 4) is 0 Å². The minimum atomic E-state index is -4.55. The van der Waals surface area contributed by atoms with Crippen LogP contribution in [0.3, 0.4) is 0 Å². The monoisotopic (exact) mass is 340 g/mol. The molecular formula is C18H29O4P. The first-order valence-electron chi connectivity index (χ1n) is 7.74. The predicted octanol–water partition coefficient (Wildman–Crippen LogP) is 4.42. The van der Waals surface area contributed by atoms with E-state index in [-0.39, 0.29) is 10.8 Å². The third kappa shape index (κ3) is 4.32. The maximum Gasteiger partial charge on any atom is 0.338 e. The number of benzene rings is 1. The molecule has 0 aromatic heterocycles. The Balaban J connectivity index is 3.60. The topological polar surface area (TPSA) is 74.6 Å². The van der Waals surface area contributed by atoms with Gasteiger partial charge in [0.1, 0.15) is 5.16 Å². The van der Waals surface area contributed by atoms with E-state index in [0.717, 1.165) is 11.1 Å². The number of carbonyl (C=O) groups is 1. The van der Waals surface area contributed by atoms with E-state index in [1.54, 1.807) is 12.1 Å². The molecule has 2 N–H and O–H groups in total. The van der Waals surface area contributed by atoms with Crippen molar-refractivity contribution < 1.29 is 19.1 Å². The number of carbonyl (C=O) groups excluding carboxylic acids is 1. The summed E-state index contributed by atoms with van der Waals surface area (Å²) in [7, 11) is -4.55. The van der Waals surface area contributed by atoms with Crippen molar-refractivity contribution in [1.82, 2.24) is 0 Å². The van der Waals surface area contributed by atoms with Gasteiger partial charge in [0.05, 0.1) is 0 Å². The van der Waals surface area contributed by atoms with Crippen LogP contribution in [0.1, 0.15) is 76.9 Å². The highest BCUT2D eigenvalue weighted by molar-refractivity contribution is 7.54. The van der Waals surface area contributed by atoms with Crippen LogP contribution in [-0.4, -0.2) is 20.7 Å². The third-order valence-corrected chi connectivity index (χ3v) is 5.87. The van der Waals surface area contributed by atoms with Crippen LogP contribution in [-0.2, 0) is 15.4 Å². The van der Waals surface area contributed by atoms with Crippen molar-refractivity contribution in [3.63, 3.8) is 0 Å². The zero-order chi connectivity index (χ0) is 18.4. The molecule has 1 aromatic carbocycles. The molecule has 0 aliphatic heterocycles. The number of ketones is 1. The summed E-state index contributed by atoms with van der Waals surface area (Å²) in [6.07, 6.45) is 0. The molecule has 130 valence electrons. The first-order valence-corrected chi connectivity index (χ1v) is 9.35. The summed E-state index contributed by atoms with van der Waals surface area (Å²) in [5.41, 5.74) is 1.99. The smallest absolute Gasteiger partial charge is 0.324 e. The molecule has 4 nitrogen and oxygen atoms in total. The van der Waals surface area contributed by atoms with Gasteiger partial charge in [0.2, 0.25) is 0 Å². The van der Waals surface area contributed by atoms with Gasteiger partial charge < -0.3 is 9.79 Å². The van der Waals surface area contributed by atoms with Crippen LogP contribution in [0.15, 0.2) is 18.2 Å². The lowest BCUT2D eigenvalue weighted by molar-refractivity contribution is 0.0939. The van der Waals surface area contributed by atoms with Gasteiger partial charge in [-0.05, 0) is 47.9 Å². The lowest BCUT2D eigenvalue weighted by Gasteiger charge is -2.28. The van der Waals surface area contributed by atoms with Gasteiger partial charge in [0.25, 0.3) is 0 Å². The molecule has 0 saturated heterocycles. The standard InChI is InChI=1S/C18H29O4P/c1-16(2,3)13-9-12(10-14(11-13)17(4,5)6)15(19)18(7,8)23(20,21)22/h9-11H,1-8H3,(H2,20,21,22). The second-order valence-electron chi connectivity index (χ2n) is 8.73. The maximum absolute atomic E-state index is 12.8. The highest BCUT2D eigenvalue weighted by Gasteiger charge is 2.45. The molecule has 0 radical (unpaired) electrons. The maximum atomic E-state index is 12.8. The Kier molecular flexibility index (Phi) is 5.10. The van der Waals surface area contributed by atoms with Crippen LogP contribution in [0.25, 0.3) is 0 Å². The fraction of sp³-hybridized carbons (Fsp3) is 0.611. The Labute approximate surface area is 139 Å². The van der Waals surface area contributed by atoms with Gasteiger partial charge in [-0.1, -0.05) is 47.6 Å². The van der Waals surface area contributed by atoms with E-state index in [0.29, 0.717) is 5.56 Å². The summed E-state index contributed by atoms with van der Waals surface area (Å²) in [6, 6.07) is 5.59. The molecule has 1 rings (SSSR count). The van der Waals surface area contributed by atoms with Crippen molar-refractivity contribution in [2.45, 2.75) is 71.4 Å². The highest BCUT2D eigenvalue weighted by Crippen LogP contribution is 2.51. The average Bonchev–Trinajstić information content (AvgIpc) is 2.33. The predicted molar refractivity (Wildman–Crippen MR) is 94.3 cm³/mol. The minimum Gasteiger partial charge on any atom is -0.324 e. The van der Waals surface area contributed by atoms with E-state index in [4.69, 9.17) is 0 Å². The Bertz CT molecular complexity index is 622. The third-order valence-electron chi connectivity index (χ3n) is 4.21. The molecule has 0 aliphatic rings. The summed E-state index contributed by atoms with van der Waals surface area (Å²) < 4.78 is 11.7. The number of hydrogen-bond acceptors (Lipinski definition) is 2. The first-order chi connectivity index (χ1) is 9.98. The van der Waals surface area contributed by atoms with Gasteiger partial charge in [-0.15, -0.1) is 0 Å². The van der Waals surface area contributed by atoms with Crippen molar-refractivity contribution in [1.29, 1.82) is 0 Å². The van der Waals surface area contributed by atoms with Crippen LogP contribution in [0.5, 0.6) is 0 Å². The van der Waals surface area contributed by atoms with Crippen LogP contribution < -0.4 is 0 Å². The molecule has 0 bridgehead atoms. The zero-order valence-electron chi connectivity index (χ0n) is 15.4. The quantitative estimate of drug-likeness (QED) is 0.631. The lowest BCUT2D eigenvalue weighted by Crippen LogP contribution is -2.32. The molecular weight excluding hydrogens is 311 g/mol. The van der Waals surface area contributed by atoms with E-state index < -0.39 is 18.5 Å². The molecule has 0 spiro atoms. The van der Waals surface area contributed by atoms with Crippen LogP contribution in [0.4, 0.5) is 0 Å². The minimum absolute atomic E-state index is 0.164. The first kappa shape index (κ1) is 20.1. The summed E-state index contributed by atoms with van der Waals surface area (Å²) in [5, 5.41) is -1.74. The van der Waals surface area contributed by atoms with Gasteiger partial charge in [-0.3, -0.25) is 9.36 Å². The molecule has 0 aliphatic carbocycles. The fourth-order valence-corrected chi connectivity index (χ4v) is 2.50. The molecule has 0 amide bonds. The molecule has 0 unspecified atom stereocenters. The van der Waals surface area contributed by atoms with E-state index in [1.165, 1.54) is 13.8 Å². The lowest BCUT2D eigenvalue weighted by atomic mass is 9.78. The molecule has 5 heteroatoms. The number of rotatable bonds is 3.